The number of rotatable bonds is 3. The van der Waals surface area contributed by atoms with E-state index in [0.29, 0.717) is 0 Å². The molecule has 0 bridgehead atoms. The van der Waals surface area contributed by atoms with Gasteiger partial charge in [0.2, 0.25) is 11.7 Å². The van der Waals surface area contributed by atoms with Gasteiger partial charge in [-0.05, 0) is 19.1 Å². The van der Waals surface area contributed by atoms with Crippen LogP contribution in [0.4, 0.5) is 0 Å². The first-order chi connectivity index (χ1) is 10.5. The van der Waals surface area contributed by atoms with Crippen molar-refractivity contribution in [2.24, 2.45) is 11.0 Å². The van der Waals surface area contributed by atoms with Crippen molar-refractivity contribution in [2.75, 3.05) is 6.54 Å². The Balaban J connectivity index is 1.97. The topological polar surface area (TPSA) is 91.7 Å². The molecule has 2 amide bonds. The Morgan fingerprint density at radius 2 is 2.05 bits per heavy atom. The number of likely N-dealkylation sites (tertiary alicyclic amines) is 1. The molecule has 22 heavy (non-hydrogen) atoms. The van der Waals surface area contributed by atoms with Crippen LogP contribution in [0.25, 0.3) is 0 Å². The summed E-state index contributed by atoms with van der Waals surface area (Å²) in [7, 11) is 0. The fourth-order valence-electron chi connectivity index (χ4n) is 2.55. The molecule has 1 N–H and O–H groups in total. The van der Waals surface area contributed by atoms with E-state index < -0.39 is 29.6 Å². The van der Waals surface area contributed by atoms with Crippen molar-refractivity contribution in [3.05, 3.63) is 28.0 Å². The highest BCUT2D eigenvalue weighted by Gasteiger charge is 2.54. The van der Waals surface area contributed by atoms with Crippen molar-refractivity contribution < 1.29 is 14.4 Å². The smallest absolute Gasteiger partial charge is 0.254 e. The number of pyridine rings is 1. The summed E-state index contributed by atoms with van der Waals surface area (Å²) >= 11 is 11.7. The van der Waals surface area contributed by atoms with E-state index in [1.54, 1.807) is 6.92 Å². The summed E-state index contributed by atoms with van der Waals surface area (Å²) in [6.07, 6.45) is 0. The van der Waals surface area contributed by atoms with E-state index in [4.69, 9.17) is 23.2 Å². The fraction of sp³-hybridized carbons (Fsp3) is 0.308. The minimum Gasteiger partial charge on any atom is -0.296 e. The monoisotopic (exact) mass is 340 g/mol. The van der Waals surface area contributed by atoms with Crippen LogP contribution in [0, 0.1) is 5.92 Å². The van der Waals surface area contributed by atoms with Gasteiger partial charge in [-0.2, -0.15) is 5.10 Å². The molecule has 0 spiro atoms. The first-order valence-corrected chi connectivity index (χ1v) is 7.26. The Morgan fingerprint density at radius 3 is 2.73 bits per heavy atom. The number of likely N-dealkylation sites (N-methyl/N-ethyl adjacent to an activating group) is 1. The summed E-state index contributed by atoms with van der Waals surface area (Å²) in [6.45, 7) is 1.93. The molecule has 0 unspecified atom stereocenters. The zero-order chi connectivity index (χ0) is 16.0. The van der Waals surface area contributed by atoms with E-state index in [1.807, 2.05) is 0 Å². The Bertz CT molecular complexity index is 734. The van der Waals surface area contributed by atoms with Crippen LogP contribution in [-0.4, -0.2) is 45.8 Å². The Morgan fingerprint density at radius 1 is 1.32 bits per heavy atom. The number of Topliss-reactive ketones (excluding diaryl/α,β-unsaturated/α-hetero) is 1. The molecule has 0 saturated carbocycles. The van der Waals surface area contributed by atoms with Gasteiger partial charge in [-0.25, -0.2) is 4.98 Å². The molecule has 9 heteroatoms. The highest BCUT2D eigenvalue weighted by Crippen LogP contribution is 2.28. The van der Waals surface area contributed by atoms with Gasteiger partial charge < -0.3 is 0 Å². The third kappa shape index (κ3) is 2.08. The molecule has 3 rings (SSSR count). The zero-order valence-electron chi connectivity index (χ0n) is 11.3. The minimum atomic E-state index is -0.947. The molecule has 2 atom stereocenters. The molecule has 0 aromatic carbocycles. The molecular weight excluding hydrogens is 331 g/mol. The highest BCUT2D eigenvalue weighted by atomic mass is 35.5. The van der Waals surface area contributed by atoms with Gasteiger partial charge in [0.25, 0.3) is 5.91 Å². The summed E-state index contributed by atoms with van der Waals surface area (Å²) in [4.78, 5) is 41.9. The molecule has 1 fully saturated rings. The standard InChI is InChI=1S/C13H10Cl2N4O3/c1-2-19-12(21)7-9(17-18-10(7)13(19)22)11(20)8-5(14)3-4-6(15)16-8/h3-4,7,10,18H,2H2,1H3/t7-,10-/m1/s1. The lowest BCUT2D eigenvalue weighted by molar-refractivity contribution is -0.139. The number of fused-ring (bicyclic) bond motifs is 1. The Kier molecular flexibility index (Phi) is 3.62. The average molecular weight is 341 g/mol. The van der Waals surface area contributed by atoms with Gasteiger partial charge in [-0.1, -0.05) is 23.2 Å². The first kappa shape index (κ1) is 14.9. The number of carbonyl (C=O) groups excluding carboxylic acids is 3. The number of hydrogen-bond donors (Lipinski definition) is 1. The number of amides is 2. The van der Waals surface area contributed by atoms with Gasteiger partial charge in [0.15, 0.2) is 0 Å². The maximum Gasteiger partial charge on any atom is 0.254 e. The maximum absolute atomic E-state index is 12.6. The summed E-state index contributed by atoms with van der Waals surface area (Å²) in [5, 5.41) is 4.04. The van der Waals surface area contributed by atoms with Gasteiger partial charge in [0, 0.05) is 6.54 Å². The van der Waals surface area contributed by atoms with Gasteiger partial charge in [0.05, 0.1) is 5.02 Å². The summed E-state index contributed by atoms with van der Waals surface area (Å²) in [5.41, 5.74) is 2.38. The first-order valence-electron chi connectivity index (χ1n) is 6.50. The average Bonchev–Trinajstić information content (AvgIpc) is 3.02. The number of imide groups is 1. The number of hydrogen-bond acceptors (Lipinski definition) is 6. The number of ketones is 1. The van der Waals surface area contributed by atoms with Gasteiger partial charge in [-0.15, -0.1) is 0 Å². The number of aromatic nitrogens is 1. The maximum atomic E-state index is 12.6. The quantitative estimate of drug-likeness (QED) is 0.501. The van der Waals surface area contributed by atoms with Gasteiger partial charge >= 0.3 is 0 Å². The number of hydrazone groups is 1. The SMILES string of the molecule is CCN1C(=O)[C@@H]2C(C(=O)c3nc(Cl)ccc3Cl)=NN[C@H]2C1=O. The van der Waals surface area contributed by atoms with E-state index in [0.717, 1.165) is 4.90 Å². The van der Waals surface area contributed by atoms with E-state index in [9.17, 15) is 14.4 Å². The third-order valence-electron chi connectivity index (χ3n) is 3.59. The molecule has 2 aliphatic rings. The van der Waals surface area contributed by atoms with E-state index in [2.05, 4.69) is 15.5 Å². The van der Waals surface area contributed by atoms with Crippen molar-refractivity contribution in [3.63, 3.8) is 0 Å². The largest absolute Gasteiger partial charge is 0.296 e. The molecule has 0 aliphatic carbocycles. The lowest BCUT2D eigenvalue weighted by Crippen LogP contribution is -2.36. The number of halogens is 2. The molecular formula is C13H10Cl2N4O3. The molecule has 3 heterocycles. The van der Waals surface area contributed by atoms with E-state index in [1.165, 1.54) is 12.1 Å². The number of nitrogens with zero attached hydrogens (tertiary/aromatic N) is 3. The van der Waals surface area contributed by atoms with Crippen LogP contribution in [0.15, 0.2) is 17.2 Å². The molecule has 0 radical (unpaired) electrons. The van der Waals surface area contributed by atoms with Gasteiger partial charge in [0.1, 0.15) is 28.5 Å². The van der Waals surface area contributed by atoms with Crippen molar-refractivity contribution in [2.45, 2.75) is 13.0 Å². The zero-order valence-corrected chi connectivity index (χ0v) is 12.9. The second-order valence-electron chi connectivity index (χ2n) is 4.80. The van der Waals surface area contributed by atoms with Gasteiger partial charge in [-0.3, -0.25) is 24.7 Å². The van der Waals surface area contributed by atoms with Crippen LogP contribution in [-0.2, 0) is 9.59 Å². The van der Waals surface area contributed by atoms with Crippen LogP contribution in [0.5, 0.6) is 0 Å². The second-order valence-corrected chi connectivity index (χ2v) is 5.59. The summed E-state index contributed by atoms with van der Waals surface area (Å²) < 4.78 is 0. The molecule has 1 saturated heterocycles. The van der Waals surface area contributed by atoms with Crippen molar-refractivity contribution in [3.8, 4) is 0 Å². The fourth-order valence-corrected chi connectivity index (χ4v) is 2.88. The predicted octanol–water partition coefficient (Wildman–Crippen LogP) is 0.904. The number of nitrogens with one attached hydrogen (secondary N) is 1. The highest BCUT2D eigenvalue weighted by molar-refractivity contribution is 6.53. The Hall–Kier alpha value is -1.99. The summed E-state index contributed by atoms with van der Waals surface area (Å²) in [5.74, 6) is -2.41. The normalized spacial score (nSPS) is 23.4. The van der Waals surface area contributed by atoms with Crippen LogP contribution in [0.2, 0.25) is 10.2 Å². The predicted molar refractivity (Wildman–Crippen MR) is 78.8 cm³/mol. The number of carbonyl (C=O) groups is 3. The Labute approximate surface area is 135 Å². The lowest BCUT2D eigenvalue weighted by Gasteiger charge is -2.12. The van der Waals surface area contributed by atoms with E-state index >= 15 is 0 Å². The molecule has 1 aromatic heterocycles. The summed E-state index contributed by atoms with van der Waals surface area (Å²) in [6, 6.07) is 2.04. The van der Waals surface area contributed by atoms with Crippen LogP contribution >= 0.6 is 23.2 Å². The molecule has 7 nitrogen and oxygen atoms in total. The van der Waals surface area contributed by atoms with Crippen LogP contribution < -0.4 is 5.43 Å². The molecule has 1 aromatic rings. The van der Waals surface area contributed by atoms with Crippen LogP contribution in [0.3, 0.4) is 0 Å². The van der Waals surface area contributed by atoms with Crippen molar-refractivity contribution in [1.82, 2.24) is 15.3 Å². The second kappa shape index (κ2) is 5.33. The van der Waals surface area contributed by atoms with Crippen molar-refractivity contribution in [1.29, 1.82) is 0 Å². The molecule has 2 aliphatic heterocycles. The molecule has 114 valence electrons. The van der Waals surface area contributed by atoms with Crippen LogP contribution in [0.1, 0.15) is 17.4 Å². The van der Waals surface area contributed by atoms with E-state index in [-0.39, 0.29) is 28.1 Å². The lowest BCUT2D eigenvalue weighted by atomic mass is 9.94. The third-order valence-corrected chi connectivity index (χ3v) is 4.11. The van der Waals surface area contributed by atoms with Crippen molar-refractivity contribution >= 4 is 46.5 Å². The minimum absolute atomic E-state index is 0.0732.